The maximum absolute atomic E-state index is 10.3. The van der Waals surface area contributed by atoms with Gasteiger partial charge in [-0.1, -0.05) is 32.8 Å². The average molecular weight is 290 g/mol. The zero-order valence-corrected chi connectivity index (χ0v) is 13.5. The minimum atomic E-state index is -0.115. The number of pyridine rings is 1. The second-order valence-corrected chi connectivity index (χ2v) is 6.44. The van der Waals surface area contributed by atoms with Gasteiger partial charge in [0.1, 0.15) is 0 Å². The van der Waals surface area contributed by atoms with E-state index in [9.17, 15) is 5.11 Å². The molecule has 3 unspecified atom stereocenters. The number of aliphatic hydroxyl groups excluding tert-OH is 1. The Morgan fingerprint density at radius 1 is 1.29 bits per heavy atom. The largest absolute Gasteiger partial charge is 0.393 e. The second-order valence-electron chi connectivity index (χ2n) is 6.44. The van der Waals surface area contributed by atoms with Crippen molar-refractivity contribution < 1.29 is 5.11 Å². The molecule has 0 aromatic carbocycles. The van der Waals surface area contributed by atoms with Crippen molar-refractivity contribution in [2.45, 2.75) is 58.6 Å². The first-order valence-electron chi connectivity index (χ1n) is 8.53. The molecule has 1 aromatic heterocycles. The third kappa shape index (κ3) is 5.08. The van der Waals surface area contributed by atoms with E-state index in [0.29, 0.717) is 5.92 Å². The van der Waals surface area contributed by atoms with Crippen molar-refractivity contribution in [3.05, 3.63) is 30.1 Å². The van der Waals surface area contributed by atoms with E-state index >= 15 is 0 Å². The summed E-state index contributed by atoms with van der Waals surface area (Å²) in [5.41, 5.74) is 1.12. The van der Waals surface area contributed by atoms with Crippen molar-refractivity contribution in [1.29, 1.82) is 0 Å². The van der Waals surface area contributed by atoms with E-state index in [-0.39, 0.29) is 6.10 Å². The lowest BCUT2D eigenvalue weighted by molar-refractivity contribution is 0.0250. The zero-order chi connectivity index (χ0) is 15.1. The monoisotopic (exact) mass is 290 g/mol. The van der Waals surface area contributed by atoms with Gasteiger partial charge in [-0.05, 0) is 49.8 Å². The quantitative estimate of drug-likeness (QED) is 0.835. The van der Waals surface area contributed by atoms with Gasteiger partial charge in [0, 0.05) is 19.3 Å². The molecule has 3 nitrogen and oxygen atoms in total. The molecule has 21 heavy (non-hydrogen) atoms. The molecule has 0 spiro atoms. The van der Waals surface area contributed by atoms with Crippen molar-refractivity contribution in [2.24, 2.45) is 11.8 Å². The number of aliphatic hydroxyl groups is 1. The highest BCUT2D eigenvalue weighted by Crippen LogP contribution is 2.32. The van der Waals surface area contributed by atoms with Crippen LogP contribution >= 0.6 is 0 Å². The van der Waals surface area contributed by atoms with Crippen LogP contribution in [-0.2, 0) is 6.54 Å². The fraction of sp³-hybridized carbons (Fsp3) is 0.722. The fourth-order valence-corrected chi connectivity index (χ4v) is 3.57. The predicted molar refractivity (Wildman–Crippen MR) is 86.9 cm³/mol. The summed E-state index contributed by atoms with van der Waals surface area (Å²) in [7, 11) is 0. The number of hydrogen-bond acceptors (Lipinski definition) is 3. The van der Waals surface area contributed by atoms with Crippen molar-refractivity contribution in [1.82, 2.24) is 9.88 Å². The van der Waals surface area contributed by atoms with Crippen molar-refractivity contribution >= 4 is 0 Å². The molecule has 0 radical (unpaired) electrons. The summed E-state index contributed by atoms with van der Waals surface area (Å²) in [5.74, 6) is 1.25. The molecule has 1 N–H and O–H groups in total. The Bertz CT molecular complexity index is 395. The molecule has 3 heteroatoms. The standard InChI is InChI=1S/C18H30N2O/c1-3-7-15-9-10-18(21)16(12-15)13-20(4-2)14-17-8-5-6-11-19-17/h5-6,8,11,15-16,18,21H,3-4,7,9-10,12-14H2,1-2H3. The van der Waals surface area contributed by atoms with Crippen molar-refractivity contribution in [3.63, 3.8) is 0 Å². The normalized spacial score (nSPS) is 26.2. The maximum Gasteiger partial charge on any atom is 0.0580 e. The summed E-state index contributed by atoms with van der Waals surface area (Å²) in [5, 5.41) is 10.3. The lowest BCUT2D eigenvalue weighted by Gasteiger charge is -2.36. The molecule has 1 saturated carbocycles. The molecule has 1 aliphatic carbocycles. The van der Waals surface area contributed by atoms with E-state index in [1.165, 1.54) is 25.7 Å². The van der Waals surface area contributed by atoms with Crippen LogP contribution in [0.5, 0.6) is 0 Å². The molecule has 2 rings (SSSR count). The first-order chi connectivity index (χ1) is 10.2. The van der Waals surface area contributed by atoms with Gasteiger partial charge in [-0.15, -0.1) is 0 Å². The molecule has 118 valence electrons. The number of rotatable bonds is 7. The number of hydrogen-bond donors (Lipinski definition) is 1. The summed E-state index contributed by atoms with van der Waals surface area (Å²) in [6.07, 6.45) is 7.70. The highest BCUT2D eigenvalue weighted by molar-refractivity contribution is 5.03. The average Bonchev–Trinajstić information content (AvgIpc) is 2.51. The molecule has 1 fully saturated rings. The lowest BCUT2D eigenvalue weighted by atomic mass is 9.77. The zero-order valence-electron chi connectivity index (χ0n) is 13.5. The van der Waals surface area contributed by atoms with Gasteiger partial charge in [0.25, 0.3) is 0 Å². The number of aromatic nitrogens is 1. The van der Waals surface area contributed by atoms with Gasteiger partial charge in [0.05, 0.1) is 11.8 Å². The lowest BCUT2D eigenvalue weighted by Crippen LogP contribution is -2.38. The topological polar surface area (TPSA) is 36.4 Å². The van der Waals surface area contributed by atoms with Gasteiger partial charge in [0.15, 0.2) is 0 Å². The van der Waals surface area contributed by atoms with E-state index in [0.717, 1.165) is 37.7 Å². The molecule has 1 aliphatic rings. The van der Waals surface area contributed by atoms with Crippen LogP contribution in [0.25, 0.3) is 0 Å². The Kier molecular flexibility index (Phi) is 6.65. The molecular weight excluding hydrogens is 260 g/mol. The first-order valence-corrected chi connectivity index (χ1v) is 8.53. The molecule has 0 bridgehead atoms. The molecule has 1 aromatic rings. The van der Waals surface area contributed by atoms with Crippen LogP contribution in [-0.4, -0.2) is 34.2 Å². The molecule has 0 amide bonds. The van der Waals surface area contributed by atoms with Gasteiger partial charge >= 0.3 is 0 Å². The molecule has 1 heterocycles. The van der Waals surface area contributed by atoms with Gasteiger partial charge in [0.2, 0.25) is 0 Å². The van der Waals surface area contributed by atoms with E-state index in [4.69, 9.17) is 0 Å². The Labute approximate surface area is 129 Å². The Morgan fingerprint density at radius 2 is 2.14 bits per heavy atom. The van der Waals surface area contributed by atoms with Crippen LogP contribution in [0.15, 0.2) is 24.4 Å². The SMILES string of the molecule is CCCC1CCC(O)C(CN(CC)Cc2ccccn2)C1. The number of nitrogens with zero attached hydrogens (tertiary/aromatic N) is 2. The van der Waals surface area contributed by atoms with Crippen LogP contribution in [0.3, 0.4) is 0 Å². The van der Waals surface area contributed by atoms with Crippen LogP contribution in [0, 0.1) is 11.8 Å². The smallest absolute Gasteiger partial charge is 0.0580 e. The minimum absolute atomic E-state index is 0.115. The van der Waals surface area contributed by atoms with Crippen molar-refractivity contribution in [2.75, 3.05) is 13.1 Å². The minimum Gasteiger partial charge on any atom is -0.393 e. The van der Waals surface area contributed by atoms with E-state index in [1.807, 2.05) is 18.3 Å². The summed E-state index contributed by atoms with van der Waals surface area (Å²) in [6, 6.07) is 6.09. The molecule has 0 aliphatic heterocycles. The van der Waals surface area contributed by atoms with Crippen LogP contribution in [0.4, 0.5) is 0 Å². The van der Waals surface area contributed by atoms with E-state index in [1.54, 1.807) is 0 Å². The van der Waals surface area contributed by atoms with Gasteiger partial charge < -0.3 is 5.11 Å². The summed E-state index contributed by atoms with van der Waals surface area (Å²) in [6.45, 7) is 7.35. The van der Waals surface area contributed by atoms with Gasteiger partial charge in [-0.3, -0.25) is 9.88 Å². The second kappa shape index (κ2) is 8.50. The third-order valence-electron chi connectivity index (χ3n) is 4.80. The van der Waals surface area contributed by atoms with Gasteiger partial charge in [-0.2, -0.15) is 0 Å². The van der Waals surface area contributed by atoms with Crippen LogP contribution in [0.2, 0.25) is 0 Å². The maximum atomic E-state index is 10.3. The summed E-state index contributed by atoms with van der Waals surface area (Å²) in [4.78, 5) is 6.84. The van der Waals surface area contributed by atoms with Gasteiger partial charge in [-0.25, -0.2) is 0 Å². The summed E-state index contributed by atoms with van der Waals surface area (Å²) >= 11 is 0. The van der Waals surface area contributed by atoms with Crippen LogP contribution < -0.4 is 0 Å². The first kappa shape index (κ1) is 16.4. The molecule has 3 atom stereocenters. The Morgan fingerprint density at radius 3 is 2.81 bits per heavy atom. The molecule has 0 saturated heterocycles. The highest BCUT2D eigenvalue weighted by atomic mass is 16.3. The van der Waals surface area contributed by atoms with Crippen LogP contribution in [0.1, 0.15) is 51.6 Å². The van der Waals surface area contributed by atoms with E-state index < -0.39 is 0 Å². The Balaban J connectivity index is 1.90. The summed E-state index contributed by atoms with van der Waals surface area (Å²) < 4.78 is 0. The fourth-order valence-electron chi connectivity index (χ4n) is 3.57. The van der Waals surface area contributed by atoms with E-state index in [2.05, 4.69) is 29.8 Å². The van der Waals surface area contributed by atoms with Crippen molar-refractivity contribution in [3.8, 4) is 0 Å². The molecular formula is C18H30N2O. The Hall–Kier alpha value is -0.930. The predicted octanol–water partition coefficient (Wildman–Crippen LogP) is 3.48. The highest BCUT2D eigenvalue weighted by Gasteiger charge is 2.29. The third-order valence-corrected chi connectivity index (χ3v) is 4.80.